The monoisotopic (exact) mass is 242 g/mol. The molecule has 3 rings (SSSR count). The van der Waals surface area contributed by atoms with Gasteiger partial charge < -0.3 is 10.7 Å². The molecule has 1 aromatic carbocycles. The van der Waals surface area contributed by atoms with Crippen molar-refractivity contribution in [3.8, 4) is 0 Å². The first-order valence-corrected chi connectivity index (χ1v) is 6.38. The number of nitrogens with one attached hydrogen (secondary N) is 1. The van der Waals surface area contributed by atoms with Crippen molar-refractivity contribution in [2.45, 2.75) is 26.1 Å². The van der Waals surface area contributed by atoms with E-state index in [1.54, 1.807) is 0 Å². The van der Waals surface area contributed by atoms with E-state index in [0.717, 1.165) is 31.9 Å². The van der Waals surface area contributed by atoms with E-state index in [9.17, 15) is 0 Å². The number of hydrogen-bond donors (Lipinski definition) is 2. The zero-order valence-electron chi connectivity index (χ0n) is 10.4. The Morgan fingerprint density at radius 2 is 2.11 bits per heavy atom. The van der Waals surface area contributed by atoms with Crippen LogP contribution in [0.4, 0.5) is 0 Å². The Hall–Kier alpha value is -1.65. The maximum Gasteiger partial charge on any atom is 0.120 e. The molecule has 3 N–H and O–H groups in total. The zero-order valence-corrected chi connectivity index (χ0v) is 10.4. The third-order valence-corrected chi connectivity index (χ3v) is 3.40. The van der Waals surface area contributed by atoms with E-state index in [0.29, 0.717) is 6.54 Å². The molecule has 94 valence electrons. The van der Waals surface area contributed by atoms with Gasteiger partial charge in [0.05, 0.1) is 17.9 Å². The van der Waals surface area contributed by atoms with Crippen LogP contribution in [0, 0.1) is 0 Å². The molecule has 0 fully saturated rings. The van der Waals surface area contributed by atoms with Crippen LogP contribution in [-0.2, 0) is 26.1 Å². The highest BCUT2D eigenvalue weighted by molar-refractivity contribution is 5.19. The van der Waals surface area contributed by atoms with Crippen LogP contribution in [0.1, 0.15) is 22.8 Å². The molecule has 0 bridgehead atoms. The van der Waals surface area contributed by atoms with Crippen LogP contribution < -0.4 is 5.73 Å². The largest absolute Gasteiger partial charge is 0.343 e. The van der Waals surface area contributed by atoms with Gasteiger partial charge in [0, 0.05) is 26.1 Å². The highest BCUT2D eigenvalue weighted by Crippen LogP contribution is 2.18. The SMILES string of the molecule is NCc1nc2c([nH]1)CN(Cc1ccccc1)CC2. The normalized spacial score (nSPS) is 15.6. The molecule has 2 aromatic rings. The number of H-pyrrole nitrogens is 1. The molecule has 18 heavy (non-hydrogen) atoms. The first kappa shape index (κ1) is 11.4. The van der Waals surface area contributed by atoms with Crippen molar-refractivity contribution in [2.24, 2.45) is 5.73 Å². The number of nitrogens with zero attached hydrogens (tertiary/aromatic N) is 2. The minimum atomic E-state index is 0.492. The molecule has 4 nitrogen and oxygen atoms in total. The summed E-state index contributed by atoms with van der Waals surface area (Å²) in [6.45, 7) is 3.50. The summed E-state index contributed by atoms with van der Waals surface area (Å²) in [5.41, 5.74) is 9.40. The van der Waals surface area contributed by atoms with Crippen molar-refractivity contribution in [3.05, 3.63) is 53.1 Å². The molecular formula is C14H18N4. The Morgan fingerprint density at radius 1 is 1.28 bits per heavy atom. The molecule has 0 saturated heterocycles. The number of fused-ring (bicyclic) bond motifs is 1. The molecule has 1 aliphatic rings. The molecule has 0 saturated carbocycles. The second kappa shape index (κ2) is 4.92. The number of imidazole rings is 1. The van der Waals surface area contributed by atoms with Gasteiger partial charge in [0.15, 0.2) is 0 Å². The van der Waals surface area contributed by atoms with Gasteiger partial charge in [-0.05, 0) is 5.56 Å². The van der Waals surface area contributed by atoms with E-state index >= 15 is 0 Å². The predicted molar refractivity (Wildman–Crippen MR) is 70.7 cm³/mol. The van der Waals surface area contributed by atoms with Crippen LogP contribution in [0.15, 0.2) is 30.3 Å². The molecule has 0 amide bonds. The van der Waals surface area contributed by atoms with E-state index in [1.165, 1.54) is 17.0 Å². The van der Waals surface area contributed by atoms with Gasteiger partial charge in [-0.2, -0.15) is 0 Å². The molecule has 1 aliphatic heterocycles. The fraction of sp³-hybridized carbons (Fsp3) is 0.357. The Bertz CT molecular complexity index is 518. The van der Waals surface area contributed by atoms with E-state index in [1.807, 2.05) is 0 Å². The van der Waals surface area contributed by atoms with E-state index in [4.69, 9.17) is 5.73 Å². The summed E-state index contributed by atoms with van der Waals surface area (Å²) >= 11 is 0. The lowest BCUT2D eigenvalue weighted by molar-refractivity contribution is 0.241. The van der Waals surface area contributed by atoms with Crippen molar-refractivity contribution in [2.75, 3.05) is 6.54 Å². The van der Waals surface area contributed by atoms with Gasteiger partial charge in [-0.15, -0.1) is 0 Å². The lowest BCUT2D eigenvalue weighted by Gasteiger charge is -2.25. The highest BCUT2D eigenvalue weighted by atomic mass is 15.2. The summed E-state index contributed by atoms with van der Waals surface area (Å²) in [6.07, 6.45) is 1.01. The number of rotatable bonds is 3. The summed E-state index contributed by atoms with van der Waals surface area (Å²) in [5.74, 6) is 0.904. The molecule has 0 atom stereocenters. The van der Waals surface area contributed by atoms with Gasteiger partial charge in [-0.25, -0.2) is 4.98 Å². The third kappa shape index (κ3) is 2.30. The molecule has 0 spiro atoms. The summed E-state index contributed by atoms with van der Waals surface area (Å²) in [7, 11) is 0. The van der Waals surface area contributed by atoms with Crippen molar-refractivity contribution in [3.63, 3.8) is 0 Å². The van der Waals surface area contributed by atoms with Crippen LogP contribution in [0.5, 0.6) is 0 Å². The molecule has 0 aliphatic carbocycles. The Morgan fingerprint density at radius 3 is 2.89 bits per heavy atom. The molecular weight excluding hydrogens is 224 g/mol. The molecule has 0 unspecified atom stereocenters. The minimum Gasteiger partial charge on any atom is -0.343 e. The van der Waals surface area contributed by atoms with Crippen LogP contribution in [0.3, 0.4) is 0 Å². The minimum absolute atomic E-state index is 0.492. The maximum absolute atomic E-state index is 5.61. The number of aromatic nitrogens is 2. The molecule has 2 heterocycles. The molecule has 4 heteroatoms. The Kier molecular flexibility index (Phi) is 3.13. The lowest BCUT2D eigenvalue weighted by atomic mass is 10.1. The number of aromatic amines is 1. The van der Waals surface area contributed by atoms with Gasteiger partial charge in [0.1, 0.15) is 5.82 Å². The summed E-state index contributed by atoms with van der Waals surface area (Å²) in [5, 5.41) is 0. The van der Waals surface area contributed by atoms with Crippen molar-refractivity contribution in [1.82, 2.24) is 14.9 Å². The number of hydrogen-bond acceptors (Lipinski definition) is 3. The topological polar surface area (TPSA) is 57.9 Å². The first-order chi connectivity index (χ1) is 8.85. The molecule has 0 radical (unpaired) electrons. The smallest absolute Gasteiger partial charge is 0.120 e. The second-order valence-electron chi connectivity index (χ2n) is 4.76. The van der Waals surface area contributed by atoms with Gasteiger partial charge in [-0.3, -0.25) is 4.90 Å². The standard InChI is InChI=1S/C14H18N4/c15-8-14-16-12-6-7-18(10-13(12)17-14)9-11-4-2-1-3-5-11/h1-5H,6-10,15H2,(H,16,17). The van der Waals surface area contributed by atoms with Crippen LogP contribution >= 0.6 is 0 Å². The fourth-order valence-electron chi connectivity index (χ4n) is 2.48. The molecule has 1 aromatic heterocycles. The number of nitrogens with two attached hydrogens (primary N) is 1. The van der Waals surface area contributed by atoms with Crippen LogP contribution in [-0.4, -0.2) is 21.4 Å². The van der Waals surface area contributed by atoms with Gasteiger partial charge >= 0.3 is 0 Å². The fourth-order valence-corrected chi connectivity index (χ4v) is 2.48. The maximum atomic E-state index is 5.61. The average molecular weight is 242 g/mol. The first-order valence-electron chi connectivity index (χ1n) is 6.38. The quantitative estimate of drug-likeness (QED) is 0.856. The Balaban J connectivity index is 1.71. The van der Waals surface area contributed by atoms with Crippen LogP contribution in [0.25, 0.3) is 0 Å². The van der Waals surface area contributed by atoms with Crippen molar-refractivity contribution >= 4 is 0 Å². The number of benzene rings is 1. The summed E-state index contributed by atoms with van der Waals surface area (Å²) in [4.78, 5) is 10.3. The van der Waals surface area contributed by atoms with Crippen molar-refractivity contribution < 1.29 is 0 Å². The van der Waals surface area contributed by atoms with E-state index < -0.39 is 0 Å². The lowest BCUT2D eigenvalue weighted by Crippen LogP contribution is -2.30. The highest BCUT2D eigenvalue weighted by Gasteiger charge is 2.19. The summed E-state index contributed by atoms with van der Waals surface area (Å²) < 4.78 is 0. The van der Waals surface area contributed by atoms with E-state index in [-0.39, 0.29) is 0 Å². The predicted octanol–water partition coefficient (Wildman–Crippen LogP) is 1.43. The Labute approximate surface area is 107 Å². The van der Waals surface area contributed by atoms with Gasteiger partial charge in [0.2, 0.25) is 0 Å². The zero-order chi connectivity index (χ0) is 12.4. The van der Waals surface area contributed by atoms with E-state index in [2.05, 4.69) is 45.2 Å². The average Bonchev–Trinajstić information content (AvgIpc) is 2.82. The third-order valence-electron chi connectivity index (χ3n) is 3.40. The summed E-state index contributed by atoms with van der Waals surface area (Å²) in [6, 6.07) is 10.6. The van der Waals surface area contributed by atoms with Crippen molar-refractivity contribution in [1.29, 1.82) is 0 Å². The van der Waals surface area contributed by atoms with Gasteiger partial charge in [-0.1, -0.05) is 30.3 Å². The second-order valence-corrected chi connectivity index (χ2v) is 4.76. The van der Waals surface area contributed by atoms with Crippen LogP contribution in [0.2, 0.25) is 0 Å². The van der Waals surface area contributed by atoms with Gasteiger partial charge in [0.25, 0.3) is 0 Å².